The molecule has 0 spiro atoms. The molecule has 3 nitrogen and oxygen atoms in total. The molecular formula is C10H17NO2. The zero-order valence-electron chi connectivity index (χ0n) is 8.52. The fourth-order valence-electron chi connectivity index (χ4n) is 1.18. The second-order valence-electron chi connectivity index (χ2n) is 4.33. The topological polar surface area (TPSA) is 38.3 Å². The molecule has 0 heterocycles. The fourth-order valence-corrected chi connectivity index (χ4v) is 1.18. The summed E-state index contributed by atoms with van der Waals surface area (Å²) in [6, 6.07) is 0. The van der Waals surface area contributed by atoms with E-state index in [1.165, 1.54) is 0 Å². The largest absolute Gasteiger partial charge is 0.415 e. The van der Waals surface area contributed by atoms with E-state index >= 15 is 0 Å². The summed E-state index contributed by atoms with van der Waals surface area (Å²) >= 11 is 0. The Balaban J connectivity index is 2.33. The predicted octanol–water partition coefficient (Wildman–Crippen LogP) is 2.58. The smallest absolute Gasteiger partial charge is 0.412 e. The van der Waals surface area contributed by atoms with Crippen LogP contribution in [0.5, 0.6) is 0 Å². The number of nitrogens with one attached hydrogen (secondary N) is 1. The standard InChI is InChI=1S/C10H17NO2/c1-10(2,3)11-9(12)13-8-6-4-5-7-8/h6H,4-5,7H2,1-3H3,(H,11,12). The molecule has 3 heteroatoms. The van der Waals surface area contributed by atoms with E-state index in [4.69, 9.17) is 4.74 Å². The van der Waals surface area contributed by atoms with Crippen molar-refractivity contribution >= 4 is 6.09 Å². The number of alkyl carbamates (subject to hydrolysis) is 1. The van der Waals surface area contributed by atoms with E-state index in [2.05, 4.69) is 5.32 Å². The highest BCUT2D eigenvalue weighted by molar-refractivity contribution is 5.69. The van der Waals surface area contributed by atoms with Crippen LogP contribution in [0.3, 0.4) is 0 Å². The zero-order valence-corrected chi connectivity index (χ0v) is 8.52. The lowest BCUT2D eigenvalue weighted by atomic mass is 10.1. The monoisotopic (exact) mass is 183 g/mol. The number of carbonyl (C=O) groups excluding carboxylic acids is 1. The van der Waals surface area contributed by atoms with Gasteiger partial charge in [-0.2, -0.15) is 0 Å². The number of amides is 1. The highest BCUT2D eigenvalue weighted by Crippen LogP contribution is 2.18. The summed E-state index contributed by atoms with van der Waals surface area (Å²) in [5.74, 6) is 0.807. The van der Waals surface area contributed by atoms with Gasteiger partial charge in [0.05, 0.1) is 0 Å². The van der Waals surface area contributed by atoms with E-state index in [9.17, 15) is 4.79 Å². The van der Waals surface area contributed by atoms with Crippen LogP contribution in [0.2, 0.25) is 0 Å². The van der Waals surface area contributed by atoms with Crippen LogP contribution in [-0.4, -0.2) is 11.6 Å². The van der Waals surface area contributed by atoms with E-state index in [0.29, 0.717) is 0 Å². The maximum Gasteiger partial charge on any atom is 0.412 e. The van der Waals surface area contributed by atoms with Gasteiger partial charge in [0, 0.05) is 12.0 Å². The minimum Gasteiger partial charge on any atom is -0.415 e. The molecule has 0 saturated carbocycles. The van der Waals surface area contributed by atoms with Crippen molar-refractivity contribution in [3.8, 4) is 0 Å². The van der Waals surface area contributed by atoms with Crippen LogP contribution in [-0.2, 0) is 4.74 Å². The third-order valence-electron chi connectivity index (χ3n) is 1.70. The van der Waals surface area contributed by atoms with E-state index in [1.54, 1.807) is 0 Å². The van der Waals surface area contributed by atoms with Gasteiger partial charge in [-0.15, -0.1) is 0 Å². The van der Waals surface area contributed by atoms with Crippen LogP contribution in [0.4, 0.5) is 4.79 Å². The quantitative estimate of drug-likeness (QED) is 0.678. The lowest BCUT2D eigenvalue weighted by Gasteiger charge is -2.19. The molecule has 74 valence electrons. The van der Waals surface area contributed by atoms with Gasteiger partial charge in [-0.1, -0.05) is 0 Å². The summed E-state index contributed by atoms with van der Waals surface area (Å²) in [6.45, 7) is 5.78. The second-order valence-corrected chi connectivity index (χ2v) is 4.33. The molecule has 0 unspecified atom stereocenters. The number of allylic oxidation sites excluding steroid dienone is 2. The molecular weight excluding hydrogens is 166 g/mol. The summed E-state index contributed by atoms with van der Waals surface area (Å²) in [7, 11) is 0. The van der Waals surface area contributed by atoms with Gasteiger partial charge in [-0.3, -0.25) is 0 Å². The van der Waals surface area contributed by atoms with Crippen molar-refractivity contribution in [3.63, 3.8) is 0 Å². The van der Waals surface area contributed by atoms with Crippen molar-refractivity contribution in [2.45, 2.75) is 45.6 Å². The summed E-state index contributed by atoms with van der Waals surface area (Å²) in [5, 5.41) is 2.74. The maximum atomic E-state index is 11.2. The Bertz CT molecular complexity index is 226. The van der Waals surface area contributed by atoms with Crippen molar-refractivity contribution in [3.05, 3.63) is 11.8 Å². The Morgan fingerprint density at radius 2 is 2.23 bits per heavy atom. The first-order chi connectivity index (χ1) is 5.97. The lowest BCUT2D eigenvalue weighted by molar-refractivity contribution is 0.164. The maximum absolute atomic E-state index is 11.2. The molecule has 0 fully saturated rings. The fraction of sp³-hybridized carbons (Fsp3) is 0.700. The highest BCUT2D eigenvalue weighted by Gasteiger charge is 2.16. The Morgan fingerprint density at radius 3 is 2.69 bits per heavy atom. The van der Waals surface area contributed by atoms with Gasteiger partial charge in [0.25, 0.3) is 0 Å². The molecule has 0 bridgehead atoms. The van der Waals surface area contributed by atoms with Crippen LogP contribution >= 0.6 is 0 Å². The van der Waals surface area contributed by atoms with Crippen molar-refractivity contribution in [1.82, 2.24) is 5.32 Å². The molecule has 0 aliphatic heterocycles. The van der Waals surface area contributed by atoms with Crippen molar-refractivity contribution in [1.29, 1.82) is 0 Å². The van der Waals surface area contributed by atoms with Gasteiger partial charge < -0.3 is 10.1 Å². The Morgan fingerprint density at radius 1 is 1.54 bits per heavy atom. The molecule has 1 aliphatic carbocycles. The molecule has 1 amide bonds. The van der Waals surface area contributed by atoms with Crippen LogP contribution < -0.4 is 5.32 Å². The molecule has 0 aromatic rings. The van der Waals surface area contributed by atoms with Crippen molar-refractivity contribution in [2.24, 2.45) is 0 Å². The molecule has 0 radical (unpaired) electrons. The van der Waals surface area contributed by atoms with E-state index < -0.39 is 0 Å². The minimum atomic E-state index is -0.347. The first kappa shape index (κ1) is 10.1. The van der Waals surface area contributed by atoms with Crippen LogP contribution in [0, 0.1) is 0 Å². The first-order valence-electron chi connectivity index (χ1n) is 4.66. The number of rotatable bonds is 1. The molecule has 0 atom stereocenters. The number of hydrogen-bond acceptors (Lipinski definition) is 2. The number of hydrogen-bond donors (Lipinski definition) is 1. The summed E-state index contributed by atoms with van der Waals surface area (Å²) in [5.41, 5.74) is -0.226. The molecule has 1 rings (SSSR count). The molecule has 0 saturated heterocycles. The molecule has 0 aromatic heterocycles. The van der Waals surface area contributed by atoms with E-state index in [0.717, 1.165) is 25.0 Å². The van der Waals surface area contributed by atoms with Gasteiger partial charge >= 0.3 is 6.09 Å². The Kier molecular flexibility index (Phi) is 2.96. The third-order valence-corrected chi connectivity index (χ3v) is 1.70. The third kappa shape index (κ3) is 3.97. The summed E-state index contributed by atoms with van der Waals surface area (Å²) < 4.78 is 5.10. The molecule has 1 aliphatic rings. The van der Waals surface area contributed by atoms with E-state index in [-0.39, 0.29) is 11.6 Å². The average molecular weight is 183 g/mol. The van der Waals surface area contributed by atoms with Gasteiger partial charge in [-0.25, -0.2) is 4.79 Å². The van der Waals surface area contributed by atoms with Crippen LogP contribution in [0.1, 0.15) is 40.0 Å². The normalized spacial score (nSPS) is 16.7. The Labute approximate surface area is 79.2 Å². The molecule has 1 N–H and O–H groups in total. The number of ether oxygens (including phenoxy) is 1. The minimum absolute atomic E-state index is 0.226. The SMILES string of the molecule is CC(C)(C)NC(=O)OC1=CCCC1. The van der Waals surface area contributed by atoms with Crippen LogP contribution in [0.15, 0.2) is 11.8 Å². The predicted molar refractivity (Wildman–Crippen MR) is 51.3 cm³/mol. The summed E-state index contributed by atoms with van der Waals surface area (Å²) in [6.07, 6.45) is 4.64. The summed E-state index contributed by atoms with van der Waals surface area (Å²) in [4.78, 5) is 11.2. The highest BCUT2D eigenvalue weighted by atomic mass is 16.6. The molecule has 0 aromatic carbocycles. The zero-order chi connectivity index (χ0) is 9.90. The Hall–Kier alpha value is -0.990. The lowest BCUT2D eigenvalue weighted by Crippen LogP contribution is -2.40. The van der Waals surface area contributed by atoms with Gasteiger partial charge in [-0.05, 0) is 39.7 Å². The van der Waals surface area contributed by atoms with Gasteiger partial charge in [0.2, 0.25) is 0 Å². The molecule has 13 heavy (non-hydrogen) atoms. The average Bonchev–Trinajstić information content (AvgIpc) is 2.34. The van der Waals surface area contributed by atoms with Crippen molar-refractivity contribution in [2.75, 3.05) is 0 Å². The number of carbonyl (C=O) groups is 1. The first-order valence-corrected chi connectivity index (χ1v) is 4.66. The van der Waals surface area contributed by atoms with Crippen LogP contribution in [0.25, 0.3) is 0 Å². The van der Waals surface area contributed by atoms with Crippen molar-refractivity contribution < 1.29 is 9.53 Å². The second kappa shape index (κ2) is 3.81. The van der Waals surface area contributed by atoms with Gasteiger partial charge in [0.1, 0.15) is 5.76 Å². The van der Waals surface area contributed by atoms with Gasteiger partial charge in [0.15, 0.2) is 0 Å². The van der Waals surface area contributed by atoms with E-state index in [1.807, 2.05) is 26.8 Å².